The topological polar surface area (TPSA) is 9.23 Å². The Morgan fingerprint density at radius 1 is 1.07 bits per heavy atom. The van der Waals surface area contributed by atoms with Crippen LogP contribution < -0.4 is 0 Å². The molecule has 0 fully saturated rings. The van der Waals surface area contributed by atoms with Gasteiger partial charge >= 0.3 is 0 Å². The summed E-state index contributed by atoms with van der Waals surface area (Å²) >= 11 is 0. The van der Waals surface area contributed by atoms with Gasteiger partial charge in [0.25, 0.3) is 0 Å². The first-order valence-corrected chi connectivity index (χ1v) is 5.35. The van der Waals surface area contributed by atoms with Crippen LogP contribution >= 0.6 is 0 Å². The van der Waals surface area contributed by atoms with Gasteiger partial charge in [-0.05, 0) is 17.4 Å². The first-order chi connectivity index (χ1) is 6.09. The Morgan fingerprint density at radius 2 is 1.50 bits per heavy atom. The second-order valence-corrected chi connectivity index (χ2v) is 6.14. The maximum Gasteiger partial charge on any atom is 0.0971 e. The summed E-state index contributed by atoms with van der Waals surface area (Å²) in [4.78, 5) is 0. The van der Waals surface area contributed by atoms with E-state index < -0.39 is 0 Å². The molecule has 0 saturated carbocycles. The molecule has 0 aliphatic carbocycles. The molecule has 0 aromatic rings. The van der Waals surface area contributed by atoms with Crippen molar-refractivity contribution in [2.75, 3.05) is 7.11 Å². The number of hydrogen-bond acceptors (Lipinski definition) is 1. The molecule has 0 spiro atoms. The zero-order valence-electron chi connectivity index (χ0n) is 11.1. The molecule has 1 nitrogen and oxygen atoms in total. The van der Waals surface area contributed by atoms with Gasteiger partial charge in [-0.2, -0.15) is 0 Å². The van der Waals surface area contributed by atoms with Gasteiger partial charge in [-0.25, -0.2) is 0 Å². The van der Waals surface area contributed by atoms with Gasteiger partial charge in [0.2, 0.25) is 0 Å². The summed E-state index contributed by atoms with van der Waals surface area (Å²) in [6, 6.07) is 0. The molecule has 0 aromatic carbocycles. The number of ether oxygens (including phenoxy) is 1. The third kappa shape index (κ3) is 4.17. The Kier molecular flexibility index (Phi) is 4.23. The quantitative estimate of drug-likeness (QED) is 0.603. The van der Waals surface area contributed by atoms with E-state index in [0.717, 1.165) is 5.76 Å². The maximum atomic E-state index is 5.44. The SMILES string of the molecule is COC(=CC(C)C(C)(C)C)C(C)(C)C. The van der Waals surface area contributed by atoms with Crippen molar-refractivity contribution in [3.05, 3.63) is 11.8 Å². The van der Waals surface area contributed by atoms with Gasteiger partial charge in [0.1, 0.15) is 0 Å². The molecular formula is C13H26O. The lowest BCUT2D eigenvalue weighted by atomic mass is 9.80. The fourth-order valence-corrected chi connectivity index (χ4v) is 1.10. The van der Waals surface area contributed by atoms with E-state index in [4.69, 9.17) is 4.74 Å². The van der Waals surface area contributed by atoms with Crippen LogP contribution in [0.3, 0.4) is 0 Å². The van der Waals surface area contributed by atoms with E-state index in [9.17, 15) is 0 Å². The molecule has 0 bridgehead atoms. The minimum absolute atomic E-state index is 0.105. The van der Waals surface area contributed by atoms with Crippen molar-refractivity contribution in [1.82, 2.24) is 0 Å². The number of methoxy groups -OCH3 is 1. The molecule has 0 N–H and O–H groups in total. The summed E-state index contributed by atoms with van der Waals surface area (Å²) in [6.07, 6.45) is 2.25. The molecule has 14 heavy (non-hydrogen) atoms. The minimum Gasteiger partial charge on any atom is -0.501 e. The molecule has 0 aliphatic rings. The third-order valence-electron chi connectivity index (χ3n) is 2.73. The van der Waals surface area contributed by atoms with Crippen LogP contribution in [0.1, 0.15) is 48.5 Å². The van der Waals surface area contributed by atoms with Gasteiger partial charge in [0, 0.05) is 5.41 Å². The van der Waals surface area contributed by atoms with Crippen molar-refractivity contribution >= 4 is 0 Å². The van der Waals surface area contributed by atoms with Crippen LogP contribution in [0.15, 0.2) is 11.8 Å². The molecule has 0 saturated heterocycles. The second-order valence-electron chi connectivity index (χ2n) is 6.14. The Bertz CT molecular complexity index is 200. The second kappa shape index (κ2) is 4.37. The minimum atomic E-state index is 0.105. The van der Waals surface area contributed by atoms with E-state index in [2.05, 4.69) is 54.5 Å². The van der Waals surface area contributed by atoms with Crippen molar-refractivity contribution in [3.8, 4) is 0 Å². The zero-order chi connectivity index (χ0) is 11.6. The molecule has 0 amide bonds. The first-order valence-electron chi connectivity index (χ1n) is 5.35. The molecule has 1 unspecified atom stereocenters. The van der Waals surface area contributed by atoms with Crippen molar-refractivity contribution < 1.29 is 4.74 Å². The van der Waals surface area contributed by atoms with E-state index in [0.29, 0.717) is 11.3 Å². The Balaban J connectivity index is 4.79. The number of rotatable bonds is 2. The Labute approximate surface area is 89.5 Å². The number of allylic oxidation sites excluding steroid dienone is 2. The highest BCUT2D eigenvalue weighted by Gasteiger charge is 2.23. The lowest BCUT2D eigenvalue weighted by Gasteiger charge is -2.28. The normalized spacial score (nSPS) is 16.7. The largest absolute Gasteiger partial charge is 0.501 e. The molecule has 0 heterocycles. The fourth-order valence-electron chi connectivity index (χ4n) is 1.10. The van der Waals surface area contributed by atoms with Crippen LogP contribution in [0.4, 0.5) is 0 Å². The molecule has 1 heteroatoms. The van der Waals surface area contributed by atoms with E-state index in [1.54, 1.807) is 7.11 Å². The highest BCUT2D eigenvalue weighted by molar-refractivity contribution is 5.06. The standard InChI is InChI=1S/C13H26O/c1-10(12(2,3)4)9-11(14-8)13(5,6)7/h9-10H,1-8H3. The predicted octanol–water partition coefficient (Wildman–Crippen LogP) is 4.25. The lowest BCUT2D eigenvalue weighted by molar-refractivity contribution is 0.195. The van der Waals surface area contributed by atoms with Crippen LogP contribution in [-0.4, -0.2) is 7.11 Å². The van der Waals surface area contributed by atoms with Gasteiger partial charge in [-0.3, -0.25) is 0 Å². The molecule has 0 rings (SSSR count). The summed E-state index contributed by atoms with van der Waals surface area (Å²) in [6.45, 7) is 15.5. The van der Waals surface area contributed by atoms with Gasteiger partial charge in [-0.15, -0.1) is 0 Å². The highest BCUT2D eigenvalue weighted by atomic mass is 16.5. The van der Waals surface area contributed by atoms with Gasteiger partial charge in [-0.1, -0.05) is 48.5 Å². The molecular weight excluding hydrogens is 172 g/mol. The Morgan fingerprint density at radius 3 is 1.71 bits per heavy atom. The van der Waals surface area contributed by atoms with E-state index in [-0.39, 0.29) is 5.41 Å². The smallest absolute Gasteiger partial charge is 0.0971 e. The van der Waals surface area contributed by atoms with Crippen LogP contribution in [0.2, 0.25) is 0 Å². The summed E-state index contributed by atoms with van der Waals surface area (Å²) in [5.41, 5.74) is 0.406. The van der Waals surface area contributed by atoms with Gasteiger partial charge < -0.3 is 4.74 Å². The molecule has 1 atom stereocenters. The van der Waals surface area contributed by atoms with Crippen LogP contribution in [0.25, 0.3) is 0 Å². The number of hydrogen-bond donors (Lipinski definition) is 0. The van der Waals surface area contributed by atoms with Crippen LogP contribution in [0, 0.1) is 16.7 Å². The summed E-state index contributed by atoms with van der Waals surface area (Å²) in [5.74, 6) is 1.61. The Hall–Kier alpha value is -0.460. The monoisotopic (exact) mass is 198 g/mol. The van der Waals surface area contributed by atoms with Crippen molar-refractivity contribution in [3.63, 3.8) is 0 Å². The average Bonchev–Trinajstić information content (AvgIpc) is 1.95. The lowest BCUT2D eigenvalue weighted by Crippen LogP contribution is -2.19. The molecule has 84 valence electrons. The van der Waals surface area contributed by atoms with E-state index in [1.807, 2.05) is 0 Å². The van der Waals surface area contributed by atoms with Gasteiger partial charge in [0.15, 0.2) is 0 Å². The zero-order valence-corrected chi connectivity index (χ0v) is 11.1. The molecule has 0 aliphatic heterocycles. The van der Waals surface area contributed by atoms with Crippen molar-refractivity contribution in [2.24, 2.45) is 16.7 Å². The summed E-state index contributed by atoms with van der Waals surface area (Å²) in [5, 5.41) is 0. The van der Waals surface area contributed by atoms with Crippen molar-refractivity contribution in [2.45, 2.75) is 48.5 Å². The van der Waals surface area contributed by atoms with E-state index in [1.165, 1.54) is 0 Å². The van der Waals surface area contributed by atoms with Crippen LogP contribution in [0.5, 0.6) is 0 Å². The summed E-state index contributed by atoms with van der Waals surface area (Å²) in [7, 11) is 1.76. The summed E-state index contributed by atoms with van der Waals surface area (Å²) < 4.78 is 5.44. The maximum absolute atomic E-state index is 5.44. The molecule has 0 radical (unpaired) electrons. The first kappa shape index (κ1) is 13.5. The average molecular weight is 198 g/mol. The predicted molar refractivity (Wildman–Crippen MR) is 63.2 cm³/mol. The van der Waals surface area contributed by atoms with Gasteiger partial charge in [0.05, 0.1) is 12.9 Å². The van der Waals surface area contributed by atoms with Crippen molar-refractivity contribution in [1.29, 1.82) is 0 Å². The highest BCUT2D eigenvalue weighted by Crippen LogP contribution is 2.32. The van der Waals surface area contributed by atoms with E-state index >= 15 is 0 Å². The molecule has 0 aromatic heterocycles. The fraction of sp³-hybridized carbons (Fsp3) is 0.846. The third-order valence-corrected chi connectivity index (χ3v) is 2.73. The van der Waals surface area contributed by atoms with Crippen LogP contribution in [-0.2, 0) is 4.74 Å².